The first-order valence-corrected chi connectivity index (χ1v) is 7.49. The van der Waals surface area contributed by atoms with Crippen LogP contribution in [-0.4, -0.2) is 27.0 Å². The fourth-order valence-corrected chi connectivity index (χ4v) is 2.18. The molecule has 23 heavy (non-hydrogen) atoms. The molecular weight excluding hydrogens is 320 g/mol. The van der Waals surface area contributed by atoms with E-state index in [0.29, 0.717) is 35.4 Å². The number of halogens is 1. The van der Waals surface area contributed by atoms with Crippen molar-refractivity contribution in [3.05, 3.63) is 50.6 Å². The summed E-state index contributed by atoms with van der Waals surface area (Å²) in [6, 6.07) is 4.41. The molecule has 0 N–H and O–H groups in total. The molecule has 2 aromatic rings. The van der Waals surface area contributed by atoms with E-state index in [1.165, 1.54) is 18.2 Å². The molecule has 0 amide bonds. The van der Waals surface area contributed by atoms with Crippen LogP contribution < -0.4 is 0 Å². The van der Waals surface area contributed by atoms with Gasteiger partial charge >= 0.3 is 0 Å². The molecule has 0 saturated heterocycles. The maximum absolute atomic E-state index is 10.9. The summed E-state index contributed by atoms with van der Waals surface area (Å²) in [5, 5.41) is 15.3. The minimum absolute atomic E-state index is 0.0207. The summed E-state index contributed by atoms with van der Waals surface area (Å²) in [6.07, 6.45) is 0. The summed E-state index contributed by atoms with van der Waals surface area (Å²) >= 11 is 6.11. The zero-order valence-corrected chi connectivity index (χ0v) is 14.3. The van der Waals surface area contributed by atoms with Crippen molar-refractivity contribution in [2.75, 3.05) is 7.05 Å². The lowest BCUT2D eigenvalue weighted by Crippen LogP contribution is -2.19. The van der Waals surface area contributed by atoms with Crippen LogP contribution in [0.4, 0.5) is 5.69 Å². The van der Waals surface area contributed by atoms with Crippen molar-refractivity contribution in [2.45, 2.75) is 39.3 Å². The highest BCUT2D eigenvalue weighted by Crippen LogP contribution is 2.24. The molecule has 0 saturated carbocycles. The van der Waals surface area contributed by atoms with Gasteiger partial charge < -0.3 is 4.52 Å². The second-order valence-electron chi connectivity index (χ2n) is 6.47. The zero-order valence-electron chi connectivity index (χ0n) is 13.5. The van der Waals surface area contributed by atoms with Crippen LogP contribution in [0.15, 0.2) is 22.7 Å². The molecular formula is C15H19ClN4O3. The highest BCUT2D eigenvalue weighted by Gasteiger charge is 2.22. The summed E-state index contributed by atoms with van der Waals surface area (Å²) in [5.74, 6) is 1.15. The molecule has 0 bridgehead atoms. The smallest absolute Gasteiger partial charge is 0.269 e. The van der Waals surface area contributed by atoms with Gasteiger partial charge in [0.15, 0.2) is 5.82 Å². The van der Waals surface area contributed by atoms with Crippen molar-refractivity contribution in [1.82, 2.24) is 15.0 Å². The first-order valence-electron chi connectivity index (χ1n) is 7.11. The second-order valence-corrected chi connectivity index (χ2v) is 6.88. The van der Waals surface area contributed by atoms with Crippen LogP contribution in [0.25, 0.3) is 0 Å². The van der Waals surface area contributed by atoms with Crippen molar-refractivity contribution < 1.29 is 9.45 Å². The molecule has 0 aliphatic heterocycles. The van der Waals surface area contributed by atoms with E-state index in [0.717, 1.165) is 0 Å². The number of nitrogens with zero attached hydrogens (tertiary/aromatic N) is 4. The molecule has 0 aliphatic rings. The molecule has 8 heteroatoms. The van der Waals surface area contributed by atoms with Crippen LogP contribution in [0.3, 0.4) is 0 Å². The van der Waals surface area contributed by atoms with Crippen LogP contribution in [0.5, 0.6) is 0 Å². The van der Waals surface area contributed by atoms with Crippen LogP contribution >= 0.6 is 11.6 Å². The number of hydrogen-bond acceptors (Lipinski definition) is 6. The fraction of sp³-hybridized carbons (Fsp3) is 0.467. The van der Waals surface area contributed by atoms with Gasteiger partial charge in [0, 0.05) is 29.1 Å². The summed E-state index contributed by atoms with van der Waals surface area (Å²) in [5.41, 5.74) is 0.503. The molecule has 0 aliphatic carbocycles. The van der Waals surface area contributed by atoms with Crippen molar-refractivity contribution in [3.8, 4) is 0 Å². The topological polar surface area (TPSA) is 85.3 Å². The van der Waals surface area contributed by atoms with Crippen molar-refractivity contribution in [3.63, 3.8) is 0 Å². The molecule has 0 fully saturated rings. The molecule has 1 aromatic heterocycles. The van der Waals surface area contributed by atoms with Gasteiger partial charge in [-0.2, -0.15) is 4.98 Å². The Morgan fingerprint density at radius 2 is 2.04 bits per heavy atom. The Morgan fingerprint density at radius 3 is 2.61 bits per heavy atom. The molecule has 0 atom stereocenters. The molecule has 0 radical (unpaired) electrons. The summed E-state index contributed by atoms with van der Waals surface area (Å²) in [4.78, 5) is 16.7. The van der Waals surface area contributed by atoms with E-state index in [1.807, 2.05) is 32.7 Å². The number of aromatic nitrogens is 2. The van der Waals surface area contributed by atoms with Crippen molar-refractivity contribution in [2.24, 2.45) is 0 Å². The predicted octanol–water partition coefficient (Wildman–Crippen LogP) is 3.56. The lowest BCUT2D eigenvalue weighted by atomic mass is 9.97. The number of nitro benzene ring substituents is 1. The number of hydrogen-bond donors (Lipinski definition) is 0. The molecule has 0 spiro atoms. The van der Waals surface area contributed by atoms with Gasteiger partial charge in [-0.1, -0.05) is 37.5 Å². The maximum atomic E-state index is 10.9. The Hall–Kier alpha value is -1.99. The van der Waals surface area contributed by atoms with Gasteiger partial charge in [0.25, 0.3) is 5.69 Å². The lowest BCUT2D eigenvalue weighted by Gasteiger charge is -2.15. The van der Waals surface area contributed by atoms with Gasteiger partial charge in [-0.05, 0) is 18.7 Å². The number of benzene rings is 1. The Labute approximate surface area is 139 Å². The Balaban J connectivity index is 2.08. The quantitative estimate of drug-likeness (QED) is 0.612. The number of rotatable bonds is 5. The maximum Gasteiger partial charge on any atom is 0.269 e. The highest BCUT2D eigenvalue weighted by molar-refractivity contribution is 6.31. The normalized spacial score (nSPS) is 11.9. The summed E-state index contributed by atoms with van der Waals surface area (Å²) in [7, 11) is 1.86. The molecule has 0 unspecified atom stereocenters. The van der Waals surface area contributed by atoms with E-state index in [9.17, 15) is 10.1 Å². The number of non-ortho nitro benzene ring substituents is 1. The molecule has 1 heterocycles. The van der Waals surface area contributed by atoms with Gasteiger partial charge in [0.2, 0.25) is 5.89 Å². The average Bonchev–Trinajstić information content (AvgIpc) is 2.89. The monoisotopic (exact) mass is 338 g/mol. The predicted molar refractivity (Wildman–Crippen MR) is 86.3 cm³/mol. The van der Waals surface area contributed by atoms with Crippen LogP contribution in [-0.2, 0) is 18.5 Å². The largest absolute Gasteiger partial charge is 0.339 e. The highest BCUT2D eigenvalue weighted by atomic mass is 35.5. The van der Waals surface area contributed by atoms with Gasteiger partial charge in [0.05, 0.1) is 11.5 Å². The molecule has 7 nitrogen and oxygen atoms in total. The van der Waals surface area contributed by atoms with Crippen molar-refractivity contribution in [1.29, 1.82) is 0 Å². The third-order valence-corrected chi connectivity index (χ3v) is 3.57. The lowest BCUT2D eigenvalue weighted by molar-refractivity contribution is -0.384. The minimum atomic E-state index is -0.436. The first kappa shape index (κ1) is 17.4. The average molecular weight is 339 g/mol. The van der Waals surface area contributed by atoms with Gasteiger partial charge in [-0.25, -0.2) is 0 Å². The van der Waals surface area contributed by atoms with Crippen molar-refractivity contribution >= 4 is 17.3 Å². The van der Waals surface area contributed by atoms with Gasteiger partial charge in [0.1, 0.15) is 0 Å². The van der Waals surface area contributed by atoms with Crippen LogP contribution in [0.2, 0.25) is 5.02 Å². The summed E-state index contributed by atoms with van der Waals surface area (Å²) in [6.45, 7) is 6.89. The minimum Gasteiger partial charge on any atom is -0.339 e. The Kier molecular flexibility index (Phi) is 5.01. The van der Waals surface area contributed by atoms with E-state index in [2.05, 4.69) is 10.1 Å². The van der Waals surface area contributed by atoms with Gasteiger partial charge in [-0.15, -0.1) is 0 Å². The van der Waals surface area contributed by atoms with Crippen LogP contribution in [0, 0.1) is 10.1 Å². The molecule has 1 aromatic carbocycles. The van der Waals surface area contributed by atoms with E-state index >= 15 is 0 Å². The summed E-state index contributed by atoms with van der Waals surface area (Å²) < 4.78 is 5.25. The second kappa shape index (κ2) is 6.64. The fourth-order valence-electron chi connectivity index (χ4n) is 2.01. The standard InChI is InChI=1S/C15H19ClN4O3/c1-15(2,3)14-17-13(18-23-14)9-19(4)8-10-7-11(20(21)22)5-6-12(10)16/h5-7H,8-9H2,1-4H3. The van der Waals surface area contributed by atoms with E-state index in [4.69, 9.17) is 16.1 Å². The van der Waals surface area contributed by atoms with E-state index < -0.39 is 4.92 Å². The number of nitro groups is 1. The third kappa shape index (κ3) is 4.49. The van der Waals surface area contributed by atoms with E-state index in [-0.39, 0.29) is 11.1 Å². The molecule has 124 valence electrons. The zero-order chi connectivity index (χ0) is 17.2. The first-order chi connectivity index (χ1) is 10.7. The molecule has 2 rings (SSSR count). The third-order valence-electron chi connectivity index (χ3n) is 3.20. The van der Waals surface area contributed by atoms with E-state index in [1.54, 1.807) is 0 Å². The Morgan fingerprint density at radius 1 is 1.35 bits per heavy atom. The van der Waals surface area contributed by atoms with Crippen LogP contribution in [0.1, 0.15) is 38.0 Å². The van der Waals surface area contributed by atoms with Gasteiger partial charge in [-0.3, -0.25) is 15.0 Å². The Bertz CT molecular complexity index is 709. The SMILES string of the molecule is CN(Cc1noc(C(C)(C)C)n1)Cc1cc([N+](=O)[O-])ccc1Cl.